The molecule has 3 rings (SSSR count). The summed E-state index contributed by atoms with van der Waals surface area (Å²) >= 11 is 12.2. The summed E-state index contributed by atoms with van der Waals surface area (Å²) in [5, 5.41) is 3.90. The zero-order valence-electron chi connectivity index (χ0n) is 17.1. The van der Waals surface area contributed by atoms with Crippen LogP contribution in [0.5, 0.6) is 0 Å². The van der Waals surface area contributed by atoms with E-state index in [1.54, 1.807) is 6.07 Å². The number of rotatable bonds is 9. The third-order valence-corrected chi connectivity index (χ3v) is 5.19. The Hall–Kier alpha value is -2.34. The van der Waals surface area contributed by atoms with Crippen LogP contribution in [0.1, 0.15) is 41.4 Å². The summed E-state index contributed by atoms with van der Waals surface area (Å²) in [5.74, 6) is 0.631. The van der Waals surface area contributed by atoms with Crippen LogP contribution < -0.4 is 5.32 Å². The number of carbonyl (C=O) groups excluding carboxylic acids is 1. The topological polar surface area (TPSA) is 58.4 Å². The maximum absolute atomic E-state index is 12.2. The molecule has 30 heavy (non-hydrogen) atoms. The molecule has 0 radical (unpaired) electrons. The first-order valence-electron chi connectivity index (χ1n) is 9.83. The molecule has 1 aromatic heterocycles. The number of amides is 1. The molecular formula is C23H25Cl2N3O2. The largest absolute Gasteiger partial charge is 0.447 e. The zero-order valence-corrected chi connectivity index (χ0v) is 18.6. The Bertz CT molecular complexity index is 974. The first-order chi connectivity index (χ1) is 14.4. The molecular weight excluding hydrogens is 421 g/mol. The van der Waals surface area contributed by atoms with Gasteiger partial charge in [0.2, 0.25) is 5.89 Å². The zero-order chi connectivity index (χ0) is 21.5. The standard InChI is InChI=1S/C23H25Cl2N3O2/c1-16(2)11-26-23(29)21-15-30-22(27-21)14-28(12-17-6-4-3-5-7-17)13-18-8-9-19(24)20(25)10-18/h3-10,15-16H,11-14H2,1-2H3,(H,26,29). The highest BCUT2D eigenvalue weighted by molar-refractivity contribution is 6.42. The van der Waals surface area contributed by atoms with Crippen LogP contribution in [-0.4, -0.2) is 22.3 Å². The molecule has 2 aromatic carbocycles. The summed E-state index contributed by atoms with van der Waals surface area (Å²) < 4.78 is 5.58. The molecule has 1 amide bonds. The minimum Gasteiger partial charge on any atom is -0.447 e. The minimum atomic E-state index is -0.224. The molecule has 0 saturated heterocycles. The normalized spacial score (nSPS) is 11.3. The molecule has 0 aliphatic carbocycles. The van der Waals surface area contributed by atoms with Crippen LogP contribution in [0.15, 0.2) is 59.2 Å². The third kappa shape index (κ3) is 6.59. The van der Waals surface area contributed by atoms with Crippen molar-refractivity contribution in [2.24, 2.45) is 5.92 Å². The van der Waals surface area contributed by atoms with Crippen molar-refractivity contribution in [3.63, 3.8) is 0 Å². The number of aromatic nitrogens is 1. The van der Waals surface area contributed by atoms with Crippen LogP contribution in [0.2, 0.25) is 10.0 Å². The fourth-order valence-corrected chi connectivity index (χ4v) is 3.29. The Balaban J connectivity index is 1.73. The smallest absolute Gasteiger partial charge is 0.273 e. The second-order valence-corrected chi connectivity index (χ2v) is 8.42. The van der Waals surface area contributed by atoms with Crippen molar-refractivity contribution in [2.45, 2.75) is 33.5 Å². The van der Waals surface area contributed by atoms with Crippen LogP contribution in [0.3, 0.4) is 0 Å². The highest BCUT2D eigenvalue weighted by atomic mass is 35.5. The van der Waals surface area contributed by atoms with Gasteiger partial charge in [-0.15, -0.1) is 0 Å². The number of nitrogens with zero attached hydrogens (tertiary/aromatic N) is 2. The lowest BCUT2D eigenvalue weighted by Crippen LogP contribution is -2.27. The van der Waals surface area contributed by atoms with Crippen LogP contribution in [0.4, 0.5) is 0 Å². The molecule has 5 nitrogen and oxygen atoms in total. The molecule has 0 saturated carbocycles. The van der Waals surface area contributed by atoms with E-state index in [1.165, 1.54) is 11.8 Å². The van der Waals surface area contributed by atoms with Gasteiger partial charge in [-0.1, -0.05) is 73.4 Å². The fourth-order valence-electron chi connectivity index (χ4n) is 2.97. The van der Waals surface area contributed by atoms with Gasteiger partial charge in [-0.3, -0.25) is 9.69 Å². The van der Waals surface area contributed by atoms with Crippen molar-refractivity contribution >= 4 is 29.1 Å². The van der Waals surface area contributed by atoms with Gasteiger partial charge < -0.3 is 9.73 Å². The molecule has 7 heteroatoms. The molecule has 0 fully saturated rings. The van der Waals surface area contributed by atoms with E-state index in [2.05, 4.69) is 27.3 Å². The van der Waals surface area contributed by atoms with E-state index in [-0.39, 0.29) is 5.91 Å². The Morgan fingerprint density at radius 3 is 2.47 bits per heavy atom. The average Bonchev–Trinajstić information content (AvgIpc) is 3.18. The summed E-state index contributed by atoms with van der Waals surface area (Å²) in [5.41, 5.74) is 2.49. The van der Waals surface area contributed by atoms with E-state index in [1.807, 2.05) is 44.2 Å². The number of benzene rings is 2. The molecule has 158 valence electrons. The molecule has 1 N–H and O–H groups in total. The third-order valence-electron chi connectivity index (χ3n) is 4.45. The lowest BCUT2D eigenvalue weighted by atomic mass is 10.1. The number of hydrogen-bond donors (Lipinski definition) is 1. The van der Waals surface area contributed by atoms with Gasteiger partial charge in [0.15, 0.2) is 5.69 Å². The molecule has 1 heterocycles. The molecule has 0 unspecified atom stereocenters. The van der Waals surface area contributed by atoms with Crippen molar-refractivity contribution in [3.8, 4) is 0 Å². The molecule has 3 aromatic rings. The number of carbonyl (C=O) groups is 1. The Morgan fingerprint density at radius 2 is 1.77 bits per heavy atom. The Kier molecular flexibility index (Phi) is 7.91. The van der Waals surface area contributed by atoms with Gasteiger partial charge in [0.25, 0.3) is 5.91 Å². The molecule has 0 spiro atoms. The first kappa shape index (κ1) is 22.3. The van der Waals surface area contributed by atoms with Crippen molar-refractivity contribution < 1.29 is 9.21 Å². The van der Waals surface area contributed by atoms with Gasteiger partial charge in [-0.25, -0.2) is 4.98 Å². The van der Waals surface area contributed by atoms with Crippen molar-refractivity contribution in [1.29, 1.82) is 0 Å². The van der Waals surface area contributed by atoms with Gasteiger partial charge in [0.1, 0.15) is 6.26 Å². The number of hydrogen-bond acceptors (Lipinski definition) is 4. The highest BCUT2D eigenvalue weighted by Crippen LogP contribution is 2.24. The monoisotopic (exact) mass is 445 g/mol. The maximum Gasteiger partial charge on any atom is 0.273 e. The quantitative estimate of drug-likeness (QED) is 0.467. The summed E-state index contributed by atoms with van der Waals surface area (Å²) in [6.07, 6.45) is 1.41. The number of nitrogens with one attached hydrogen (secondary N) is 1. The van der Waals surface area contributed by atoms with Gasteiger partial charge in [0.05, 0.1) is 16.6 Å². The predicted molar refractivity (Wildman–Crippen MR) is 120 cm³/mol. The van der Waals surface area contributed by atoms with E-state index >= 15 is 0 Å². The van der Waals surface area contributed by atoms with E-state index in [4.69, 9.17) is 27.6 Å². The number of halogens is 2. The summed E-state index contributed by atoms with van der Waals surface area (Å²) in [4.78, 5) is 18.8. The van der Waals surface area contributed by atoms with Crippen LogP contribution in [0, 0.1) is 5.92 Å². The second-order valence-electron chi connectivity index (χ2n) is 7.61. The average molecular weight is 446 g/mol. The van der Waals surface area contributed by atoms with E-state index in [9.17, 15) is 4.79 Å². The van der Waals surface area contributed by atoms with Crippen LogP contribution >= 0.6 is 23.2 Å². The van der Waals surface area contributed by atoms with Gasteiger partial charge in [0, 0.05) is 19.6 Å². The minimum absolute atomic E-state index is 0.224. The summed E-state index contributed by atoms with van der Waals surface area (Å²) in [6.45, 7) is 6.45. The summed E-state index contributed by atoms with van der Waals surface area (Å²) in [6, 6.07) is 15.8. The van der Waals surface area contributed by atoms with Gasteiger partial charge in [-0.05, 0) is 29.2 Å². The molecule has 0 aliphatic rings. The Labute approximate surface area is 187 Å². The molecule has 0 atom stereocenters. The lowest BCUT2D eigenvalue weighted by molar-refractivity contribution is 0.0944. The van der Waals surface area contributed by atoms with Crippen molar-refractivity contribution in [1.82, 2.24) is 15.2 Å². The second kappa shape index (κ2) is 10.6. The maximum atomic E-state index is 12.2. The fraction of sp³-hybridized carbons (Fsp3) is 0.304. The molecule has 0 aliphatic heterocycles. The number of oxazole rings is 1. The van der Waals surface area contributed by atoms with Crippen LogP contribution in [0.25, 0.3) is 0 Å². The van der Waals surface area contributed by atoms with Gasteiger partial charge in [-0.2, -0.15) is 0 Å². The van der Waals surface area contributed by atoms with E-state index in [0.29, 0.717) is 53.7 Å². The molecule has 0 bridgehead atoms. The summed E-state index contributed by atoms with van der Waals surface area (Å²) in [7, 11) is 0. The van der Waals surface area contributed by atoms with E-state index in [0.717, 1.165) is 5.56 Å². The first-order valence-corrected chi connectivity index (χ1v) is 10.6. The van der Waals surface area contributed by atoms with Crippen molar-refractivity contribution in [3.05, 3.63) is 87.6 Å². The predicted octanol–water partition coefficient (Wildman–Crippen LogP) is 5.57. The SMILES string of the molecule is CC(C)CNC(=O)c1coc(CN(Cc2ccccc2)Cc2ccc(Cl)c(Cl)c2)n1. The highest BCUT2D eigenvalue weighted by Gasteiger charge is 2.16. The Morgan fingerprint density at radius 1 is 1.03 bits per heavy atom. The lowest BCUT2D eigenvalue weighted by Gasteiger charge is -2.21. The van der Waals surface area contributed by atoms with Crippen molar-refractivity contribution in [2.75, 3.05) is 6.54 Å². The van der Waals surface area contributed by atoms with E-state index < -0.39 is 0 Å². The van der Waals surface area contributed by atoms with Gasteiger partial charge >= 0.3 is 0 Å². The van der Waals surface area contributed by atoms with Crippen LogP contribution in [-0.2, 0) is 19.6 Å².